The minimum absolute atomic E-state index is 0.294. The summed E-state index contributed by atoms with van der Waals surface area (Å²) in [5.41, 5.74) is 2.00. The third-order valence-electron chi connectivity index (χ3n) is 2.57. The van der Waals surface area contributed by atoms with Gasteiger partial charge in [-0.3, -0.25) is 0 Å². The molecule has 0 aliphatic carbocycles. The topological polar surface area (TPSA) is 44.0 Å². The molecule has 0 aliphatic rings. The lowest BCUT2D eigenvalue weighted by Gasteiger charge is -2.16. The van der Waals surface area contributed by atoms with E-state index in [2.05, 4.69) is 6.07 Å². The molecule has 2 atom stereocenters. The Morgan fingerprint density at radius 2 is 1.93 bits per heavy atom. The third-order valence-corrected chi connectivity index (χ3v) is 2.57. The van der Waals surface area contributed by atoms with Crippen LogP contribution in [0.15, 0.2) is 24.3 Å². The van der Waals surface area contributed by atoms with Gasteiger partial charge in [0.25, 0.3) is 0 Å². The van der Waals surface area contributed by atoms with Crippen molar-refractivity contribution in [2.75, 3.05) is 0 Å². The molecular weight excluding hydrogens is 186 g/mol. The molecule has 80 valence electrons. The lowest BCUT2D eigenvalue weighted by atomic mass is 9.93. The van der Waals surface area contributed by atoms with Crippen LogP contribution in [0.25, 0.3) is 0 Å². The Balaban J connectivity index is 2.79. The first-order valence-corrected chi connectivity index (χ1v) is 5.33. The Morgan fingerprint density at radius 3 is 2.40 bits per heavy atom. The van der Waals surface area contributed by atoms with Crippen molar-refractivity contribution in [1.29, 1.82) is 5.26 Å². The zero-order valence-electron chi connectivity index (χ0n) is 9.27. The lowest BCUT2D eigenvalue weighted by molar-refractivity contribution is 0.130. The summed E-state index contributed by atoms with van der Waals surface area (Å²) in [5, 5.41) is 18.9. The number of nitriles is 1. The van der Waals surface area contributed by atoms with Crippen molar-refractivity contribution in [2.24, 2.45) is 5.92 Å². The summed E-state index contributed by atoms with van der Waals surface area (Å²) in [6.07, 6.45) is 1.00. The lowest BCUT2D eigenvalue weighted by Crippen LogP contribution is -2.10. The second-order valence-electron chi connectivity index (χ2n) is 3.88. The van der Waals surface area contributed by atoms with E-state index >= 15 is 0 Å². The number of nitrogens with zero attached hydrogens (tertiary/aromatic N) is 1. The number of hydrogen-bond acceptors (Lipinski definition) is 2. The fourth-order valence-electron chi connectivity index (χ4n) is 1.60. The van der Waals surface area contributed by atoms with Gasteiger partial charge in [-0.2, -0.15) is 5.26 Å². The summed E-state index contributed by atoms with van der Waals surface area (Å²) in [7, 11) is 0. The molecule has 0 heterocycles. The Morgan fingerprint density at radius 1 is 1.33 bits per heavy atom. The molecule has 15 heavy (non-hydrogen) atoms. The van der Waals surface area contributed by atoms with E-state index in [9.17, 15) is 5.11 Å². The molecule has 2 nitrogen and oxygen atoms in total. The number of aryl methyl sites for hydroxylation is 1. The second-order valence-corrected chi connectivity index (χ2v) is 3.88. The number of aliphatic hydroxyl groups is 1. The molecule has 0 saturated carbocycles. The van der Waals surface area contributed by atoms with Gasteiger partial charge in [0.1, 0.15) is 0 Å². The third kappa shape index (κ3) is 3.07. The van der Waals surface area contributed by atoms with Crippen LogP contribution < -0.4 is 0 Å². The van der Waals surface area contributed by atoms with E-state index < -0.39 is 6.10 Å². The minimum atomic E-state index is -0.657. The summed E-state index contributed by atoms with van der Waals surface area (Å²) in [4.78, 5) is 0. The van der Waals surface area contributed by atoms with Crippen molar-refractivity contribution in [3.05, 3.63) is 35.4 Å². The Kier molecular flexibility index (Phi) is 4.33. The van der Waals surface area contributed by atoms with Crippen LogP contribution in [0.2, 0.25) is 0 Å². The highest BCUT2D eigenvalue weighted by Crippen LogP contribution is 2.25. The Bertz CT molecular complexity index is 337. The summed E-state index contributed by atoms with van der Waals surface area (Å²) in [5.74, 6) is -0.294. The average Bonchev–Trinajstić information content (AvgIpc) is 2.26. The molecule has 0 radical (unpaired) electrons. The van der Waals surface area contributed by atoms with Crippen molar-refractivity contribution in [1.82, 2.24) is 0 Å². The molecule has 2 heteroatoms. The highest BCUT2D eigenvalue weighted by molar-refractivity contribution is 5.24. The molecule has 1 N–H and O–H groups in total. The van der Waals surface area contributed by atoms with Crippen molar-refractivity contribution in [3.8, 4) is 6.07 Å². The zero-order chi connectivity index (χ0) is 11.3. The van der Waals surface area contributed by atoms with E-state index in [1.54, 1.807) is 0 Å². The van der Waals surface area contributed by atoms with Gasteiger partial charge < -0.3 is 5.11 Å². The predicted octanol–water partition coefficient (Wildman–Crippen LogP) is 2.97. The van der Waals surface area contributed by atoms with Crippen LogP contribution >= 0.6 is 0 Å². The van der Waals surface area contributed by atoms with Crippen molar-refractivity contribution < 1.29 is 5.11 Å². The number of benzene rings is 1. The highest BCUT2D eigenvalue weighted by atomic mass is 16.3. The molecule has 0 saturated heterocycles. The summed E-state index contributed by atoms with van der Waals surface area (Å²) >= 11 is 0. The van der Waals surface area contributed by atoms with Gasteiger partial charge in [-0.25, -0.2) is 0 Å². The molecule has 2 unspecified atom stereocenters. The summed E-state index contributed by atoms with van der Waals surface area (Å²) < 4.78 is 0. The van der Waals surface area contributed by atoms with Crippen LogP contribution in [-0.4, -0.2) is 5.11 Å². The van der Waals surface area contributed by atoms with Crippen LogP contribution in [0.4, 0.5) is 0 Å². The van der Waals surface area contributed by atoms with Gasteiger partial charge in [-0.1, -0.05) is 43.2 Å². The number of aliphatic hydroxyl groups excluding tert-OH is 1. The first kappa shape index (κ1) is 11.7. The molecule has 0 amide bonds. The van der Waals surface area contributed by atoms with Gasteiger partial charge in [0, 0.05) is 0 Å². The molecule has 0 aromatic heterocycles. The summed E-state index contributed by atoms with van der Waals surface area (Å²) in [6, 6.07) is 9.86. The highest BCUT2D eigenvalue weighted by Gasteiger charge is 2.19. The number of rotatable bonds is 4. The fraction of sp³-hybridized carbons (Fsp3) is 0.462. The molecule has 0 spiro atoms. The van der Waals surface area contributed by atoms with Crippen LogP contribution in [0.3, 0.4) is 0 Å². The van der Waals surface area contributed by atoms with Gasteiger partial charge in [0.2, 0.25) is 0 Å². The van der Waals surface area contributed by atoms with Gasteiger partial charge >= 0.3 is 0 Å². The Hall–Kier alpha value is -1.33. The van der Waals surface area contributed by atoms with Crippen molar-refractivity contribution in [3.63, 3.8) is 0 Å². The molecule has 1 rings (SSSR count). The van der Waals surface area contributed by atoms with Gasteiger partial charge in [-0.05, 0) is 18.9 Å². The van der Waals surface area contributed by atoms with E-state index in [0.717, 1.165) is 24.0 Å². The molecular formula is C13H17NO. The van der Waals surface area contributed by atoms with E-state index in [4.69, 9.17) is 5.26 Å². The normalized spacial score (nSPS) is 14.3. The van der Waals surface area contributed by atoms with E-state index in [1.807, 2.05) is 38.1 Å². The fourth-order valence-corrected chi connectivity index (χ4v) is 1.60. The van der Waals surface area contributed by atoms with Crippen LogP contribution in [0.5, 0.6) is 0 Å². The molecule has 0 fully saturated rings. The molecule has 1 aromatic rings. The van der Waals surface area contributed by atoms with Crippen LogP contribution in [0, 0.1) is 24.2 Å². The van der Waals surface area contributed by atoms with Gasteiger partial charge in [0.05, 0.1) is 18.1 Å². The van der Waals surface area contributed by atoms with Crippen LogP contribution in [0.1, 0.15) is 37.0 Å². The van der Waals surface area contributed by atoms with Crippen molar-refractivity contribution >= 4 is 0 Å². The standard InChI is InChI=1S/C13H17NO/c1-3-4-12(9-14)13(15)11-7-5-10(2)6-8-11/h5-8,12-13,15H,3-4H2,1-2H3. The first-order chi connectivity index (χ1) is 7.19. The predicted molar refractivity (Wildman–Crippen MR) is 60.1 cm³/mol. The second kappa shape index (κ2) is 5.53. The van der Waals surface area contributed by atoms with Gasteiger partial charge in [-0.15, -0.1) is 0 Å². The SMILES string of the molecule is CCCC(C#N)C(O)c1ccc(C)cc1. The maximum Gasteiger partial charge on any atom is 0.0948 e. The number of hydrogen-bond donors (Lipinski definition) is 1. The largest absolute Gasteiger partial charge is 0.387 e. The zero-order valence-corrected chi connectivity index (χ0v) is 9.27. The molecule has 1 aromatic carbocycles. The van der Waals surface area contributed by atoms with E-state index in [1.165, 1.54) is 0 Å². The molecule has 0 aliphatic heterocycles. The average molecular weight is 203 g/mol. The quantitative estimate of drug-likeness (QED) is 0.817. The first-order valence-electron chi connectivity index (χ1n) is 5.33. The maximum atomic E-state index is 9.98. The summed E-state index contributed by atoms with van der Waals surface area (Å²) in [6.45, 7) is 4.02. The van der Waals surface area contributed by atoms with Crippen LogP contribution in [-0.2, 0) is 0 Å². The minimum Gasteiger partial charge on any atom is -0.387 e. The maximum absolute atomic E-state index is 9.98. The Labute approximate surface area is 91.2 Å². The van der Waals surface area contributed by atoms with Gasteiger partial charge in [0.15, 0.2) is 0 Å². The van der Waals surface area contributed by atoms with E-state index in [-0.39, 0.29) is 5.92 Å². The molecule has 0 bridgehead atoms. The van der Waals surface area contributed by atoms with Crippen molar-refractivity contribution in [2.45, 2.75) is 32.8 Å². The monoisotopic (exact) mass is 203 g/mol. The smallest absolute Gasteiger partial charge is 0.0948 e. The van der Waals surface area contributed by atoms with E-state index in [0.29, 0.717) is 0 Å².